The van der Waals surface area contributed by atoms with E-state index < -0.39 is 22.0 Å². The quantitative estimate of drug-likeness (QED) is 0.564. The molecule has 2 aliphatic rings. The topological polar surface area (TPSA) is 109 Å². The second-order valence-corrected chi connectivity index (χ2v) is 10.6. The van der Waals surface area contributed by atoms with Gasteiger partial charge in [0.2, 0.25) is 10.0 Å². The summed E-state index contributed by atoms with van der Waals surface area (Å²) >= 11 is 0. The summed E-state index contributed by atoms with van der Waals surface area (Å²) in [5, 5.41) is 0. The third-order valence-electron chi connectivity index (χ3n) is 6.56. The lowest BCUT2D eigenvalue weighted by atomic mass is 9.91. The molecule has 1 unspecified atom stereocenters. The number of ether oxygens (including phenoxy) is 2. The van der Waals surface area contributed by atoms with Gasteiger partial charge in [0, 0.05) is 44.1 Å². The number of benzene rings is 1. The van der Waals surface area contributed by atoms with Crippen LogP contribution in [0, 0.1) is 0 Å². The lowest BCUT2D eigenvalue weighted by Crippen LogP contribution is -2.44. The van der Waals surface area contributed by atoms with Gasteiger partial charge in [-0.15, -0.1) is 0 Å². The lowest BCUT2D eigenvalue weighted by Gasteiger charge is -2.36. The van der Waals surface area contributed by atoms with E-state index in [9.17, 15) is 18.0 Å². The smallest absolute Gasteiger partial charge is 0.333 e. The summed E-state index contributed by atoms with van der Waals surface area (Å²) < 4.78 is 39.4. The predicted molar refractivity (Wildman–Crippen MR) is 128 cm³/mol. The van der Waals surface area contributed by atoms with Crippen LogP contribution in [0.2, 0.25) is 0 Å². The van der Waals surface area contributed by atoms with Crippen LogP contribution in [0.5, 0.6) is 5.75 Å². The molecular formula is C24H30N4O6S. The number of fused-ring (bicyclic) bond motifs is 1. The molecule has 0 aliphatic carbocycles. The molecule has 0 radical (unpaired) electrons. The first-order valence-electron chi connectivity index (χ1n) is 11.5. The highest BCUT2D eigenvalue weighted by Gasteiger charge is 2.40. The SMILES string of the molecule is COC(=O)C1c2cc(S(=O)(=O)N3CCCN(C)CC3)c(OC)cc2CCN1C(=O)c1ccncc1. The van der Waals surface area contributed by atoms with Gasteiger partial charge in [-0.25, -0.2) is 13.2 Å². The van der Waals surface area contributed by atoms with Crippen molar-refractivity contribution in [3.8, 4) is 5.75 Å². The van der Waals surface area contributed by atoms with E-state index in [1.165, 1.54) is 41.9 Å². The molecule has 3 heterocycles. The monoisotopic (exact) mass is 502 g/mol. The highest BCUT2D eigenvalue weighted by molar-refractivity contribution is 7.89. The van der Waals surface area contributed by atoms with E-state index in [1.807, 2.05) is 7.05 Å². The molecule has 0 spiro atoms. The largest absolute Gasteiger partial charge is 0.495 e. The Bertz CT molecular complexity index is 1200. The van der Waals surface area contributed by atoms with E-state index in [4.69, 9.17) is 9.47 Å². The summed E-state index contributed by atoms with van der Waals surface area (Å²) in [6.45, 7) is 2.43. The van der Waals surface area contributed by atoms with Gasteiger partial charge in [0.05, 0.1) is 14.2 Å². The van der Waals surface area contributed by atoms with E-state index in [-0.39, 0.29) is 23.1 Å². The molecule has 2 aromatic rings. The highest BCUT2D eigenvalue weighted by Crippen LogP contribution is 2.38. The average molecular weight is 503 g/mol. The van der Waals surface area contributed by atoms with Crippen molar-refractivity contribution < 1.29 is 27.5 Å². The molecule has 0 bridgehead atoms. The Labute approximate surface area is 205 Å². The number of hydrogen-bond donors (Lipinski definition) is 0. The van der Waals surface area contributed by atoms with E-state index in [0.717, 1.165) is 12.1 Å². The molecule has 188 valence electrons. The van der Waals surface area contributed by atoms with Crippen molar-refractivity contribution in [2.45, 2.75) is 23.8 Å². The number of amides is 1. The number of esters is 1. The Morgan fingerprint density at radius 2 is 1.77 bits per heavy atom. The first-order chi connectivity index (χ1) is 16.8. The van der Waals surface area contributed by atoms with E-state index in [2.05, 4.69) is 9.88 Å². The second kappa shape index (κ2) is 10.3. The van der Waals surface area contributed by atoms with Crippen molar-refractivity contribution in [2.75, 3.05) is 54.0 Å². The maximum atomic E-state index is 13.7. The van der Waals surface area contributed by atoms with Crippen molar-refractivity contribution in [1.82, 2.24) is 19.1 Å². The Kier molecular flexibility index (Phi) is 7.39. The van der Waals surface area contributed by atoms with Gasteiger partial charge in [0.25, 0.3) is 5.91 Å². The Morgan fingerprint density at radius 1 is 1.03 bits per heavy atom. The number of carbonyl (C=O) groups is 2. The summed E-state index contributed by atoms with van der Waals surface area (Å²) in [5.74, 6) is -0.777. The van der Waals surface area contributed by atoms with Crippen LogP contribution in [0.3, 0.4) is 0 Å². The Morgan fingerprint density at radius 3 is 2.46 bits per heavy atom. The molecule has 2 aliphatic heterocycles. The third kappa shape index (κ3) is 4.89. The maximum absolute atomic E-state index is 13.7. The van der Waals surface area contributed by atoms with Gasteiger partial charge in [0.15, 0.2) is 6.04 Å². The zero-order chi connectivity index (χ0) is 25.2. The van der Waals surface area contributed by atoms with Gasteiger partial charge >= 0.3 is 5.97 Å². The number of carbonyl (C=O) groups excluding carboxylic acids is 2. The van der Waals surface area contributed by atoms with Gasteiger partial charge in [-0.1, -0.05) is 0 Å². The highest BCUT2D eigenvalue weighted by atomic mass is 32.2. The molecule has 0 N–H and O–H groups in total. The maximum Gasteiger partial charge on any atom is 0.333 e. The van der Waals surface area contributed by atoms with Crippen LogP contribution in [0.4, 0.5) is 0 Å². The van der Waals surface area contributed by atoms with Crippen molar-refractivity contribution in [2.24, 2.45) is 0 Å². The van der Waals surface area contributed by atoms with Crippen LogP contribution in [-0.4, -0.2) is 93.4 Å². The summed E-state index contributed by atoms with van der Waals surface area (Å²) in [4.78, 5) is 33.7. The van der Waals surface area contributed by atoms with E-state index in [1.54, 1.807) is 18.2 Å². The number of likely N-dealkylation sites (N-methyl/N-ethyl adjacent to an activating group) is 1. The molecule has 1 atom stereocenters. The van der Waals surface area contributed by atoms with Gasteiger partial charge in [-0.2, -0.15) is 4.31 Å². The molecule has 11 heteroatoms. The zero-order valence-electron chi connectivity index (χ0n) is 20.1. The van der Waals surface area contributed by atoms with Crippen LogP contribution in [0.15, 0.2) is 41.6 Å². The number of rotatable bonds is 5. The average Bonchev–Trinajstić information content (AvgIpc) is 3.11. The Balaban J connectivity index is 1.79. The van der Waals surface area contributed by atoms with Gasteiger partial charge < -0.3 is 19.3 Å². The number of methoxy groups -OCH3 is 2. The summed E-state index contributed by atoms with van der Waals surface area (Å²) in [7, 11) is 0.728. The van der Waals surface area contributed by atoms with Crippen LogP contribution in [-0.2, 0) is 26.0 Å². The summed E-state index contributed by atoms with van der Waals surface area (Å²) in [5.41, 5.74) is 1.55. The normalized spacial score (nSPS) is 19.5. The van der Waals surface area contributed by atoms with Crippen LogP contribution < -0.4 is 4.74 Å². The molecule has 35 heavy (non-hydrogen) atoms. The number of aromatic nitrogens is 1. The predicted octanol–water partition coefficient (Wildman–Crippen LogP) is 1.33. The standard InChI is InChI=1S/C24H30N4O6S/c1-26-10-4-11-27(14-13-26)35(31,32)21-16-19-18(15-20(21)33-2)7-12-28(22(19)24(30)34-3)23(29)17-5-8-25-9-6-17/h5-6,8-9,15-16,22H,4,7,10-14H2,1-3H3. The van der Waals surface area contributed by atoms with Gasteiger partial charge in [-0.05, 0) is 61.8 Å². The molecule has 1 fully saturated rings. The summed E-state index contributed by atoms with van der Waals surface area (Å²) in [6, 6.07) is 5.21. The minimum absolute atomic E-state index is 0.0181. The van der Waals surface area contributed by atoms with Crippen molar-refractivity contribution >= 4 is 21.9 Å². The Hall–Kier alpha value is -3.02. The number of pyridine rings is 1. The zero-order valence-corrected chi connectivity index (χ0v) is 21.0. The molecule has 1 saturated heterocycles. The van der Waals surface area contributed by atoms with Crippen LogP contribution in [0.1, 0.15) is 33.9 Å². The molecule has 4 rings (SSSR count). The van der Waals surface area contributed by atoms with Crippen molar-refractivity contribution in [3.05, 3.63) is 53.3 Å². The second-order valence-electron chi connectivity index (χ2n) is 8.67. The van der Waals surface area contributed by atoms with Crippen LogP contribution in [0.25, 0.3) is 0 Å². The molecule has 0 saturated carbocycles. The number of hydrogen-bond acceptors (Lipinski definition) is 8. The molecular weight excluding hydrogens is 472 g/mol. The first kappa shape index (κ1) is 25.1. The van der Waals surface area contributed by atoms with E-state index in [0.29, 0.717) is 43.6 Å². The minimum Gasteiger partial charge on any atom is -0.495 e. The molecule has 1 amide bonds. The van der Waals surface area contributed by atoms with Crippen molar-refractivity contribution in [3.63, 3.8) is 0 Å². The first-order valence-corrected chi connectivity index (χ1v) is 12.9. The molecule has 1 aromatic carbocycles. The molecule has 1 aromatic heterocycles. The van der Waals surface area contributed by atoms with Crippen molar-refractivity contribution in [1.29, 1.82) is 0 Å². The fourth-order valence-corrected chi connectivity index (χ4v) is 6.28. The summed E-state index contributed by atoms with van der Waals surface area (Å²) in [6.07, 6.45) is 4.16. The minimum atomic E-state index is -3.91. The fraction of sp³-hybridized carbons (Fsp3) is 0.458. The fourth-order valence-electron chi connectivity index (χ4n) is 4.64. The number of sulfonamides is 1. The van der Waals surface area contributed by atoms with Crippen LogP contribution >= 0.6 is 0 Å². The van der Waals surface area contributed by atoms with E-state index >= 15 is 0 Å². The van der Waals surface area contributed by atoms with Gasteiger partial charge in [0.1, 0.15) is 10.6 Å². The lowest BCUT2D eigenvalue weighted by molar-refractivity contribution is -0.146. The number of nitrogens with zero attached hydrogens (tertiary/aromatic N) is 4. The third-order valence-corrected chi connectivity index (χ3v) is 8.48. The molecule has 10 nitrogen and oxygen atoms in total. The van der Waals surface area contributed by atoms with Gasteiger partial charge in [-0.3, -0.25) is 9.78 Å².